The molecule has 7 nitrogen and oxygen atoms in total. The predicted octanol–water partition coefficient (Wildman–Crippen LogP) is 5.88. The summed E-state index contributed by atoms with van der Waals surface area (Å²) in [6.07, 6.45) is 8.49. The van der Waals surface area contributed by atoms with Gasteiger partial charge < -0.3 is 14.7 Å². The summed E-state index contributed by atoms with van der Waals surface area (Å²) < 4.78 is 35.9. The highest BCUT2D eigenvalue weighted by atomic mass is 35.5. The van der Waals surface area contributed by atoms with E-state index in [0.717, 1.165) is 42.8 Å². The van der Waals surface area contributed by atoms with Crippen molar-refractivity contribution in [3.8, 4) is 5.75 Å². The number of anilines is 1. The lowest BCUT2D eigenvalue weighted by Gasteiger charge is -2.45. The third kappa shape index (κ3) is 5.95. The molecule has 4 aliphatic rings. The van der Waals surface area contributed by atoms with Crippen LogP contribution in [0.4, 0.5) is 5.69 Å². The van der Waals surface area contributed by atoms with Crippen molar-refractivity contribution in [3.05, 3.63) is 70.3 Å². The van der Waals surface area contributed by atoms with Gasteiger partial charge in [0.2, 0.25) is 10.0 Å². The number of halogens is 1. The fourth-order valence-electron chi connectivity index (χ4n) is 7.72. The normalized spacial score (nSPS) is 32.9. The van der Waals surface area contributed by atoms with Crippen LogP contribution in [0.25, 0.3) is 0 Å². The molecule has 43 heavy (non-hydrogen) atoms. The first-order valence-electron chi connectivity index (χ1n) is 15.7. The van der Waals surface area contributed by atoms with Crippen molar-refractivity contribution in [1.82, 2.24) is 4.72 Å². The quantitative estimate of drug-likeness (QED) is 0.384. The molecule has 2 aliphatic heterocycles. The van der Waals surface area contributed by atoms with E-state index >= 15 is 0 Å². The molecule has 2 heterocycles. The zero-order valence-corrected chi connectivity index (χ0v) is 26.8. The second kappa shape index (κ2) is 11.8. The maximum Gasteiger partial charge on any atom is 0.264 e. The van der Waals surface area contributed by atoms with Crippen LogP contribution < -0.4 is 14.4 Å². The Morgan fingerprint density at radius 1 is 1.14 bits per heavy atom. The fourth-order valence-corrected chi connectivity index (χ4v) is 9.72. The topological polar surface area (TPSA) is 95.9 Å². The number of fused-ring (bicyclic) bond motifs is 4. The van der Waals surface area contributed by atoms with Gasteiger partial charge in [-0.25, -0.2) is 13.1 Å². The van der Waals surface area contributed by atoms with E-state index in [2.05, 4.69) is 21.8 Å². The number of nitrogens with zero attached hydrogens (tertiary/aromatic N) is 1. The number of amides is 1. The van der Waals surface area contributed by atoms with Crippen LogP contribution in [-0.4, -0.2) is 50.5 Å². The van der Waals surface area contributed by atoms with Crippen LogP contribution in [-0.2, 0) is 21.9 Å². The summed E-state index contributed by atoms with van der Waals surface area (Å²) in [5.74, 6) is 0.185. The van der Waals surface area contributed by atoms with Crippen LogP contribution in [0.3, 0.4) is 0 Å². The summed E-state index contributed by atoms with van der Waals surface area (Å²) in [6.45, 7) is 7.60. The first-order chi connectivity index (χ1) is 20.5. The van der Waals surface area contributed by atoms with Crippen molar-refractivity contribution in [2.24, 2.45) is 23.7 Å². The number of aliphatic hydroxyl groups is 1. The smallest absolute Gasteiger partial charge is 0.264 e. The van der Waals surface area contributed by atoms with Crippen molar-refractivity contribution < 1.29 is 23.1 Å². The van der Waals surface area contributed by atoms with Crippen molar-refractivity contribution in [2.75, 3.05) is 24.6 Å². The number of nitrogens with one attached hydrogen (secondary N) is 1. The number of benzene rings is 2. The van der Waals surface area contributed by atoms with Gasteiger partial charge in [-0.15, -0.1) is 0 Å². The van der Waals surface area contributed by atoms with Gasteiger partial charge >= 0.3 is 0 Å². The van der Waals surface area contributed by atoms with Crippen LogP contribution in [0.2, 0.25) is 5.02 Å². The van der Waals surface area contributed by atoms with E-state index in [1.165, 1.54) is 11.1 Å². The first-order valence-corrected chi connectivity index (χ1v) is 17.6. The van der Waals surface area contributed by atoms with E-state index in [4.69, 9.17) is 16.3 Å². The molecule has 2 bridgehead atoms. The van der Waals surface area contributed by atoms with Gasteiger partial charge in [-0.1, -0.05) is 50.6 Å². The minimum Gasteiger partial charge on any atom is -0.490 e. The molecule has 0 radical (unpaired) electrons. The van der Waals surface area contributed by atoms with Crippen molar-refractivity contribution in [3.63, 3.8) is 0 Å². The number of ether oxygens (including phenoxy) is 1. The van der Waals surface area contributed by atoms with Gasteiger partial charge in [0.1, 0.15) is 5.75 Å². The number of rotatable bonds is 1. The average molecular weight is 627 g/mol. The van der Waals surface area contributed by atoms with Crippen molar-refractivity contribution in [1.29, 1.82) is 0 Å². The summed E-state index contributed by atoms with van der Waals surface area (Å²) in [6, 6.07) is 11.4. The number of sulfonamides is 1. The van der Waals surface area contributed by atoms with Gasteiger partial charge in [0.15, 0.2) is 0 Å². The van der Waals surface area contributed by atoms with Crippen LogP contribution in [0.15, 0.2) is 48.6 Å². The summed E-state index contributed by atoms with van der Waals surface area (Å²) in [4.78, 5) is 15.8. The Labute approximate surface area is 260 Å². The second-order valence-electron chi connectivity index (χ2n) is 13.6. The highest BCUT2D eigenvalue weighted by molar-refractivity contribution is 7.90. The lowest BCUT2D eigenvalue weighted by Crippen LogP contribution is -2.49. The highest BCUT2D eigenvalue weighted by Gasteiger charge is 2.44. The molecule has 9 heteroatoms. The molecule has 232 valence electrons. The molecule has 2 aromatic rings. The second-order valence-corrected chi connectivity index (χ2v) is 16.0. The molecule has 6 rings (SSSR count). The molecule has 0 unspecified atom stereocenters. The monoisotopic (exact) mass is 626 g/mol. The lowest BCUT2D eigenvalue weighted by molar-refractivity contribution is 0.0454. The molecule has 6 atom stereocenters. The van der Waals surface area contributed by atoms with E-state index in [1.807, 2.05) is 39.0 Å². The van der Waals surface area contributed by atoms with Gasteiger partial charge in [-0.3, -0.25) is 4.79 Å². The van der Waals surface area contributed by atoms with Crippen molar-refractivity contribution >= 4 is 33.2 Å². The summed E-state index contributed by atoms with van der Waals surface area (Å²) in [5.41, 5.74) is 3.33. The predicted molar refractivity (Wildman–Crippen MR) is 170 cm³/mol. The maximum atomic E-state index is 13.5. The van der Waals surface area contributed by atoms with Gasteiger partial charge in [0.25, 0.3) is 5.91 Å². The average Bonchev–Trinajstić information content (AvgIpc) is 3.08. The molecule has 1 fully saturated rings. The standard InChI is InChI=1S/C34H43ClN2O5S/c1-21(2)32-15-22(3)6-12-30(38)27-10-7-25(27)18-37-19-34(14-4-5-23-16-26(35)9-11-28(23)34)20-42-31-13-8-24(17-29(31)37)33(39)36-43(32,40)41/h6,8-9,11-13,16-17,21-22,25,27,30,32,38H,4-5,7,10,14-15,18-20H2,1-3H3,(H,36,39)/b12-6+/t22-,25+,27-,30+,32+,34+/m1/s1. The minimum absolute atomic E-state index is 0.0754. The Bertz CT molecular complexity index is 1520. The Kier molecular flexibility index (Phi) is 8.33. The maximum absolute atomic E-state index is 13.5. The van der Waals surface area contributed by atoms with E-state index in [0.29, 0.717) is 31.9 Å². The molecule has 0 aromatic heterocycles. The van der Waals surface area contributed by atoms with E-state index in [9.17, 15) is 18.3 Å². The Hall–Kier alpha value is -2.55. The minimum atomic E-state index is -3.96. The molecular formula is C34H43ClN2O5S. The molecule has 2 N–H and O–H groups in total. The summed E-state index contributed by atoms with van der Waals surface area (Å²) >= 11 is 6.40. The van der Waals surface area contributed by atoms with Crippen LogP contribution in [0.1, 0.15) is 74.4 Å². The number of aliphatic hydroxyl groups excluding tert-OH is 1. The molecule has 1 saturated carbocycles. The van der Waals surface area contributed by atoms with Gasteiger partial charge in [0, 0.05) is 29.1 Å². The highest BCUT2D eigenvalue weighted by Crippen LogP contribution is 2.46. The summed E-state index contributed by atoms with van der Waals surface area (Å²) in [5, 5.41) is 11.2. The molecule has 1 spiro atoms. The molecule has 2 aliphatic carbocycles. The molecule has 1 amide bonds. The molecule has 2 aromatic carbocycles. The molecule has 0 saturated heterocycles. The van der Waals surface area contributed by atoms with Crippen LogP contribution in [0, 0.1) is 23.7 Å². The largest absolute Gasteiger partial charge is 0.490 e. The Morgan fingerprint density at radius 2 is 1.95 bits per heavy atom. The lowest BCUT2D eigenvalue weighted by atomic mass is 9.68. The summed E-state index contributed by atoms with van der Waals surface area (Å²) in [7, 11) is -3.96. The van der Waals surface area contributed by atoms with Crippen LogP contribution >= 0.6 is 11.6 Å². The van der Waals surface area contributed by atoms with Crippen LogP contribution in [0.5, 0.6) is 5.75 Å². The molecular weight excluding hydrogens is 584 g/mol. The van der Waals surface area contributed by atoms with E-state index < -0.39 is 27.3 Å². The van der Waals surface area contributed by atoms with Crippen molar-refractivity contribution in [2.45, 2.75) is 76.1 Å². The number of carbonyl (C=O) groups excluding carboxylic acids is 1. The Balaban J connectivity index is 1.43. The van der Waals surface area contributed by atoms with Gasteiger partial charge in [-0.2, -0.15) is 0 Å². The number of hydrogen-bond donors (Lipinski definition) is 2. The van der Waals surface area contributed by atoms with E-state index in [1.54, 1.807) is 18.2 Å². The number of allylic oxidation sites excluding steroid dienone is 1. The number of hydrogen-bond acceptors (Lipinski definition) is 6. The van der Waals surface area contributed by atoms with Gasteiger partial charge in [0.05, 0.1) is 23.6 Å². The Morgan fingerprint density at radius 3 is 2.70 bits per heavy atom. The van der Waals surface area contributed by atoms with Gasteiger partial charge in [-0.05, 0) is 104 Å². The number of carbonyl (C=O) groups is 1. The third-order valence-corrected chi connectivity index (χ3v) is 12.5. The third-order valence-electron chi connectivity index (χ3n) is 10.3. The zero-order chi connectivity index (χ0) is 30.5. The number of aryl methyl sites for hydroxylation is 1. The fraction of sp³-hybridized carbons (Fsp3) is 0.559. The zero-order valence-electron chi connectivity index (χ0n) is 25.3. The van der Waals surface area contributed by atoms with E-state index in [-0.39, 0.29) is 34.7 Å². The first kappa shape index (κ1) is 30.5. The SMILES string of the molecule is CC(C)[C@@H]1C[C@H](C)/C=C/[C@H](O)[C@@H]2CC[C@H]2CN2C[C@@]3(CCCc4cc(Cl)ccc43)COc3ccc(cc32)C(=O)NS1(=O)=O.